The van der Waals surface area contributed by atoms with Crippen molar-refractivity contribution < 1.29 is 19.5 Å². The van der Waals surface area contributed by atoms with Crippen molar-refractivity contribution in [3.8, 4) is 0 Å². The van der Waals surface area contributed by atoms with E-state index >= 15 is 0 Å². The van der Waals surface area contributed by atoms with Crippen molar-refractivity contribution in [2.24, 2.45) is 5.92 Å². The Labute approximate surface area is 194 Å². The molecule has 1 aliphatic rings. The minimum atomic E-state index is -0.694. The van der Waals surface area contributed by atoms with Gasteiger partial charge in [0.15, 0.2) is 0 Å². The fourth-order valence-corrected chi connectivity index (χ4v) is 4.05. The second-order valence-corrected chi connectivity index (χ2v) is 8.56. The second-order valence-electron chi connectivity index (χ2n) is 8.56. The summed E-state index contributed by atoms with van der Waals surface area (Å²) < 4.78 is 0. The third-order valence-electron chi connectivity index (χ3n) is 5.65. The zero-order valence-electron chi connectivity index (χ0n) is 19.3. The van der Waals surface area contributed by atoms with Crippen molar-refractivity contribution >= 4 is 23.4 Å². The largest absolute Gasteiger partial charge is 0.394 e. The molecule has 2 aromatic rings. The van der Waals surface area contributed by atoms with Crippen LogP contribution in [0, 0.1) is 5.92 Å². The predicted molar refractivity (Wildman–Crippen MR) is 126 cm³/mol. The van der Waals surface area contributed by atoms with Gasteiger partial charge in [0, 0.05) is 13.1 Å². The summed E-state index contributed by atoms with van der Waals surface area (Å²) in [5.74, 6) is -1.05. The molecule has 1 heterocycles. The van der Waals surface area contributed by atoms with Gasteiger partial charge in [0.2, 0.25) is 11.8 Å². The summed E-state index contributed by atoms with van der Waals surface area (Å²) >= 11 is 0. The third-order valence-corrected chi connectivity index (χ3v) is 5.65. The number of rotatable bonds is 8. The Morgan fingerprint density at radius 1 is 1.03 bits per heavy atom. The summed E-state index contributed by atoms with van der Waals surface area (Å²) in [4.78, 5) is 41.7. The van der Waals surface area contributed by atoms with Crippen molar-refractivity contribution in [3.05, 3.63) is 78.0 Å². The number of hydrogen-bond acceptors (Lipinski definition) is 4. The fourth-order valence-electron chi connectivity index (χ4n) is 4.05. The average molecular weight is 450 g/mol. The quantitative estimate of drug-likeness (QED) is 0.648. The molecule has 0 spiro atoms. The SMILES string of the molecule is CC(=O)N1C=C(c2ccccc2)N(CC(=O)N[C@@H](CO)Cc2ccccc2)C(=O)C1C(C)C. The number of carbonyl (C=O) groups is 3. The first-order valence-corrected chi connectivity index (χ1v) is 11.1. The zero-order chi connectivity index (χ0) is 24.0. The molecule has 1 aliphatic heterocycles. The Morgan fingerprint density at radius 3 is 2.18 bits per heavy atom. The number of nitrogens with zero attached hydrogens (tertiary/aromatic N) is 2. The van der Waals surface area contributed by atoms with E-state index in [0.29, 0.717) is 12.1 Å². The smallest absolute Gasteiger partial charge is 0.250 e. The van der Waals surface area contributed by atoms with E-state index in [1.807, 2.05) is 74.5 Å². The van der Waals surface area contributed by atoms with Crippen LogP contribution in [-0.4, -0.2) is 57.9 Å². The van der Waals surface area contributed by atoms with Gasteiger partial charge in [0.05, 0.1) is 18.3 Å². The highest BCUT2D eigenvalue weighted by atomic mass is 16.3. The minimum absolute atomic E-state index is 0.135. The summed E-state index contributed by atoms with van der Waals surface area (Å²) in [5.41, 5.74) is 2.22. The van der Waals surface area contributed by atoms with Crippen molar-refractivity contribution in [3.63, 3.8) is 0 Å². The summed E-state index contributed by atoms with van der Waals surface area (Å²) in [6.45, 7) is 4.75. The maximum absolute atomic E-state index is 13.5. The van der Waals surface area contributed by atoms with E-state index < -0.39 is 12.1 Å². The minimum Gasteiger partial charge on any atom is -0.394 e. The fraction of sp³-hybridized carbons (Fsp3) is 0.346. The van der Waals surface area contributed by atoms with E-state index in [9.17, 15) is 19.5 Å². The first-order valence-electron chi connectivity index (χ1n) is 11.1. The van der Waals surface area contributed by atoms with Crippen molar-refractivity contribution in [1.29, 1.82) is 0 Å². The van der Waals surface area contributed by atoms with Crippen LogP contribution in [0.25, 0.3) is 5.70 Å². The average Bonchev–Trinajstić information content (AvgIpc) is 2.80. The van der Waals surface area contributed by atoms with E-state index in [1.54, 1.807) is 6.20 Å². The molecule has 33 heavy (non-hydrogen) atoms. The van der Waals surface area contributed by atoms with Gasteiger partial charge in [-0.2, -0.15) is 0 Å². The summed E-state index contributed by atoms with van der Waals surface area (Å²) in [6, 6.07) is 17.6. The van der Waals surface area contributed by atoms with Crippen LogP contribution in [-0.2, 0) is 20.8 Å². The monoisotopic (exact) mass is 449 g/mol. The highest BCUT2D eigenvalue weighted by molar-refractivity contribution is 5.99. The van der Waals surface area contributed by atoms with E-state index in [-0.39, 0.29) is 36.8 Å². The lowest BCUT2D eigenvalue weighted by molar-refractivity contribution is -0.144. The summed E-state index contributed by atoms with van der Waals surface area (Å²) in [5, 5.41) is 12.6. The molecule has 1 unspecified atom stereocenters. The molecule has 3 rings (SSSR count). The van der Waals surface area contributed by atoms with Crippen LogP contribution in [0.15, 0.2) is 66.9 Å². The number of amides is 3. The number of aliphatic hydroxyl groups excluding tert-OH is 1. The molecule has 7 nitrogen and oxygen atoms in total. The highest BCUT2D eigenvalue weighted by Crippen LogP contribution is 2.29. The van der Waals surface area contributed by atoms with Crippen LogP contribution in [0.4, 0.5) is 0 Å². The highest BCUT2D eigenvalue weighted by Gasteiger charge is 2.40. The van der Waals surface area contributed by atoms with Gasteiger partial charge in [-0.15, -0.1) is 0 Å². The first kappa shape index (κ1) is 24.2. The maximum atomic E-state index is 13.5. The van der Waals surface area contributed by atoms with Gasteiger partial charge < -0.3 is 15.3 Å². The van der Waals surface area contributed by atoms with Crippen molar-refractivity contribution in [2.45, 2.75) is 39.3 Å². The molecule has 2 aromatic carbocycles. The van der Waals surface area contributed by atoms with Crippen LogP contribution in [0.2, 0.25) is 0 Å². The van der Waals surface area contributed by atoms with E-state index in [0.717, 1.165) is 11.1 Å². The molecule has 2 N–H and O–H groups in total. The molecule has 0 aromatic heterocycles. The molecule has 3 amide bonds. The van der Waals surface area contributed by atoms with Crippen LogP contribution in [0.3, 0.4) is 0 Å². The Morgan fingerprint density at radius 2 is 1.64 bits per heavy atom. The lowest BCUT2D eigenvalue weighted by Gasteiger charge is -2.40. The molecule has 0 fully saturated rings. The van der Waals surface area contributed by atoms with Gasteiger partial charge in [-0.1, -0.05) is 74.5 Å². The molecule has 2 atom stereocenters. The van der Waals surface area contributed by atoms with Gasteiger partial charge in [0.1, 0.15) is 12.6 Å². The first-order chi connectivity index (χ1) is 15.8. The van der Waals surface area contributed by atoms with Gasteiger partial charge >= 0.3 is 0 Å². The lowest BCUT2D eigenvalue weighted by Crippen LogP contribution is -2.56. The Bertz CT molecular complexity index is 1000. The predicted octanol–water partition coefficient (Wildman–Crippen LogP) is 2.42. The number of aliphatic hydroxyl groups is 1. The Kier molecular flexibility index (Phi) is 8.01. The standard InChI is InChI=1S/C26H31N3O4/c1-18(2)25-26(33)29(23(15-28(25)19(3)31)21-12-8-5-9-13-21)16-24(32)27-22(17-30)14-20-10-6-4-7-11-20/h4-13,15,18,22,25,30H,14,16-17H2,1-3H3,(H,27,32)/t22-,25?/m1/s1. The molecule has 7 heteroatoms. The van der Waals surface area contributed by atoms with Crippen LogP contribution >= 0.6 is 0 Å². The zero-order valence-corrected chi connectivity index (χ0v) is 19.3. The summed E-state index contributed by atoms with van der Waals surface area (Å²) in [7, 11) is 0. The maximum Gasteiger partial charge on any atom is 0.250 e. The number of carbonyl (C=O) groups excluding carboxylic acids is 3. The molecular formula is C26H31N3O4. The second kappa shape index (κ2) is 10.9. The number of nitrogens with one attached hydrogen (secondary N) is 1. The van der Waals surface area contributed by atoms with E-state index in [4.69, 9.17) is 0 Å². The van der Waals surface area contributed by atoms with E-state index in [1.165, 1.54) is 16.7 Å². The van der Waals surface area contributed by atoms with Gasteiger partial charge in [-0.25, -0.2) is 0 Å². The van der Waals surface area contributed by atoms with Gasteiger partial charge in [0.25, 0.3) is 5.91 Å². The molecule has 0 radical (unpaired) electrons. The van der Waals surface area contributed by atoms with E-state index in [2.05, 4.69) is 5.32 Å². The third kappa shape index (κ3) is 5.87. The molecule has 0 saturated carbocycles. The Hall–Kier alpha value is -3.45. The number of hydrogen-bond donors (Lipinski definition) is 2. The Balaban J connectivity index is 1.86. The molecule has 0 bridgehead atoms. The topological polar surface area (TPSA) is 90.0 Å². The van der Waals surface area contributed by atoms with Crippen molar-refractivity contribution in [2.75, 3.05) is 13.2 Å². The molecule has 0 saturated heterocycles. The molecular weight excluding hydrogens is 418 g/mol. The van der Waals surface area contributed by atoms with Gasteiger partial charge in [-0.3, -0.25) is 19.3 Å². The molecule has 0 aliphatic carbocycles. The normalized spacial score (nSPS) is 17.1. The lowest BCUT2D eigenvalue weighted by atomic mass is 9.97. The molecule has 174 valence electrons. The van der Waals surface area contributed by atoms with Crippen molar-refractivity contribution in [1.82, 2.24) is 15.1 Å². The number of benzene rings is 2. The summed E-state index contributed by atoms with van der Waals surface area (Å²) in [6.07, 6.45) is 2.13. The van der Waals surface area contributed by atoms with Crippen LogP contribution in [0.5, 0.6) is 0 Å². The van der Waals surface area contributed by atoms with Gasteiger partial charge in [-0.05, 0) is 23.5 Å². The van der Waals surface area contributed by atoms with Crippen LogP contribution in [0.1, 0.15) is 31.9 Å². The van der Waals surface area contributed by atoms with Crippen LogP contribution < -0.4 is 5.32 Å².